The number of benzene rings is 4. The van der Waals surface area contributed by atoms with Crippen LogP contribution in [0.1, 0.15) is 60.1 Å². The second-order valence-electron chi connectivity index (χ2n) is 12.7. The summed E-state index contributed by atoms with van der Waals surface area (Å²) in [6.07, 6.45) is 0.640. The molecule has 1 aliphatic rings. The largest absolute Gasteiger partial charge is 0.418 e. The fraction of sp³-hybridized carbons (Fsp3) is 0.268. The van der Waals surface area contributed by atoms with Gasteiger partial charge in [-0.2, -0.15) is 10.5 Å². The fourth-order valence-corrected chi connectivity index (χ4v) is 6.08. The first-order chi connectivity index (χ1) is 27.9. The van der Waals surface area contributed by atoms with E-state index < -0.39 is 36.0 Å². The molecule has 0 saturated carbocycles. The third-order valence-electron chi connectivity index (χ3n) is 8.35. The monoisotopic (exact) mass is 865 g/mol. The number of amides is 1. The summed E-state index contributed by atoms with van der Waals surface area (Å²) >= 11 is 24.4. The van der Waals surface area contributed by atoms with Crippen molar-refractivity contribution in [1.29, 1.82) is 10.5 Å². The molecule has 1 aliphatic heterocycles. The Morgan fingerprint density at radius 1 is 0.741 bits per heavy atom. The van der Waals surface area contributed by atoms with Crippen LogP contribution in [0.3, 0.4) is 0 Å². The van der Waals surface area contributed by atoms with Gasteiger partial charge in [0.05, 0.1) is 61.3 Å². The van der Waals surface area contributed by atoms with Gasteiger partial charge in [0, 0.05) is 24.3 Å². The number of ketones is 1. The van der Waals surface area contributed by atoms with Crippen LogP contribution in [0.5, 0.6) is 0 Å². The molecule has 1 aromatic heterocycles. The first-order valence-electron chi connectivity index (χ1n) is 17.8. The third-order valence-corrected chi connectivity index (χ3v) is 10.1. The lowest BCUT2D eigenvalue weighted by molar-refractivity contribution is -0.120. The summed E-state index contributed by atoms with van der Waals surface area (Å²) in [6, 6.07) is 26.0. The molecule has 17 heteroatoms. The number of nitrogens with one attached hydrogen (secondary N) is 3. The van der Waals surface area contributed by atoms with Crippen molar-refractivity contribution in [3.05, 3.63) is 128 Å². The fourth-order valence-electron chi connectivity index (χ4n) is 5.23. The number of hydrogen-bond donors (Lipinski definition) is 5. The molecular weight excluding hydrogens is 828 g/mol. The number of Topliss-reactive ketones (excluding diaryl/α,β-unsaturated/α-hetero) is 1. The molecular formula is C41H39Cl4N7O6. The molecule has 58 heavy (non-hydrogen) atoms. The van der Waals surface area contributed by atoms with Crippen LogP contribution in [-0.4, -0.2) is 70.1 Å². The molecule has 0 spiro atoms. The van der Waals surface area contributed by atoms with E-state index in [0.717, 1.165) is 18.8 Å². The molecule has 6 rings (SSSR count). The average Bonchev–Trinajstić information content (AvgIpc) is 3.99. The van der Waals surface area contributed by atoms with Gasteiger partial charge >= 0.3 is 0 Å². The molecule has 4 aromatic carbocycles. The zero-order valence-corrected chi connectivity index (χ0v) is 34.3. The molecule has 0 radical (unpaired) electrons. The Hall–Kier alpha value is -5.22. The molecule has 302 valence electrons. The van der Waals surface area contributed by atoms with Gasteiger partial charge in [-0.05, 0) is 75.2 Å². The van der Waals surface area contributed by atoms with Crippen molar-refractivity contribution in [1.82, 2.24) is 15.5 Å². The van der Waals surface area contributed by atoms with Gasteiger partial charge in [-0.25, -0.2) is 0 Å². The number of aromatic nitrogens is 2. The number of ether oxygens (including phenoxy) is 1. The van der Waals surface area contributed by atoms with Crippen molar-refractivity contribution >= 4 is 69.5 Å². The number of carbonyl (C=O) groups excluding carboxylic acids is 2. The molecule has 1 fully saturated rings. The van der Waals surface area contributed by atoms with Crippen molar-refractivity contribution in [2.75, 3.05) is 30.4 Å². The van der Waals surface area contributed by atoms with E-state index >= 15 is 0 Å². The highest BCUT2D eigenvalue weighted by Crippen LogP contribution is 2.36. The Balaban J connectivity index is 0.000000228. The van der Waals surface area contributed by atoms with Crippen molar-refractivity contribution in [3.63, 3.8) is 0 Å². The van der Waals surface area contributed by atoms with Gasteiger partial charge < -0.3 is 35.3 Å². The van der Waals surface area contributed by atoms with Gasteiger partial charge in [-0.1, -0.05) is 82.8 Å². The van der Waals surface area contributed by atoms with Crippen molar-refractivity contribution in [2.24, 2.45) is 0 Å². The smallest absolute Gasteiger partial charge is 0.251 e. The summed E-state index contributed by atoms with van der Waals surface area (Å²) in [5.41, 5.74) is 2.40. The van der Waals surface area contributed by atoms with Gasteiger partial charge in [-0.15, -0.1) is 10.2 Å². The zero-order chi connectivity index (χ0) is 42.2. The van der Waals surface area contributed by atoms with Crippen molar-refractivity contribution < 1.29 is 29.0 Å². The second-order valence-corrected chi connectivity index (χ2v) is 14.2. The summed E-state index contributed by atoms with van der Waals surface area (Å²) in [5, 5.41) is 55.0. The standard InChI is InChI=1S/C19H17Cl2N3O3.C18H14Cl2N4O2.C4H8O/c1-11(25)18(24-14-8-7-13(9-22)16(20)17(14)21)15(26)10-23-19(27)12-5-3-2-4-6-12;1-10(25)16(22-13-8-7-12(9-21)14(19)15(13)20)18-24-23-17(26-18)11-5-3-2-4-6-11;1-2-4-5-3-1/h2-8,11,18,24-25H,10H2,1H3,(H,23,27);2-8,10,16,22,25H,1H3;1-4H2/t11-,18+;10-,16+;/m00./s1. The van der Waals surface area contributed by atoms with E-state index in [1.807, 2.05) is 42.5 Å². The Morgan fingerprint density at radius 3 is 1.76 bits per heavy atom. The molecule has 1 amide bonds. The van der Waals surface area contributed by atoms with E-state index in [1.54, 1.807) is 49.4 Å². The Kier molecular flexibility index (Phi) is 17.8. The van der Waals surface area contributed by atoms with Gasteiger partial charge in [0.2, 0.25) is 11.8 Å². The summed E-state index contributed by atoms with van der Waals surface area (Å²) in [7, 11) is 0. The zero-order valence-electron chi connectivity index (χ0n) is 31.3. The third kappa shape index (κ3) is 12.6. The number of carbonyl (C=O) groups is 2. The van der Waals surface area contributed by atoms with Gasteiger partial charge in [0.1, 0.15) is 24.2 Å². The maximum Gasteiger partial charge on any atom is 0.251 e. The highest BCUT2D eigenvalue weighted by atomic mass is 35.5. The summed E-state index contributed by atoms with van der Waals surface area (Å²) in [5.74, 6) is -0.286. The minimum Gasteiger partial charge on any atom is -0.418 e. The van der Waals surface area contributed by atoms with Crippen LogP contribution in [0.4, 0.5) is 11.4 Å². The van der Waals surface area contributed by atoms with E-state index in [9.17, 15) is 19.8 Å². The lowest BCUT2D eigenvalue weighted by Crippen LogP contribution is -2.44. The molecule has 0 unspecified atom stereocenters. The summed E-state index contributed by atoms with van der Waals surface area (Å²) < 4.78 is 10.7. The van der Waals surface area contributed by atoms with Crippen LogP contribution in [0, 0.1) is 22.7 Å². The van der Waals surface area contributed by atoms with E-state index in [2.05, 4.69) is 26.1 Å². The van der Waals surface area contributed by atoms with Crippen LogP contribution in [0.25, 0.3) is 11.5 Å². The van der Waals surface area contributed by atoms with Crippen LogP contribution in [0.2, 0.25) is 20.1 Å². The van der Waals surface area contributed by atoms with E-state index in [1.165, 1.54) is 31.9 Å². The lowest BCUT2D eigenvalue weighted by Gasteiger charge is -2.22. The van der Waals surface area contributed by atoms with Crippen LogP contribution in [0.15, 0.2) is 89.3 Å². The molecule has 5 aromatic rings. The topological polar surface area (TPSA) is 206 Å². The number of nitriles is 2. The van der Waals surface area contributed by atoms with Crippen LogP contribution >= 0.6 is 46.4 Å². The Bertz CT molecular complexity index is 2220. The molecule has 2 heterocycles. The lowest BCUT2D eigenvalue weighted by atomic mass is 10.1. The number of anilines is 2. The highest BCUT2D eigenvalue weighted by Gasteiger charge is 2.27. The Morgan fingerprint density at radius 2 is 1.28 bits per heavy atom. The molecule has 0 aliphatic carbocycles. The molecule has 0 bridgehead atoms. The number of hydrogen-bond acceptors (Lipinski definition) is 12. The van der Waals surface area contributed by atoms with Gasteiger partial charge in [0.25, 0.3) is 5.91 Å². The maximum atomic E-state index is 12.5. The summed E-state index contributed by atoms with van der Waals surface area (Å²) in [6.45, 7) is 4.74. The predicted octanol–water partition coefficient (Wildman–Crippen LogP) is 8.27. The van der Waals surface area contributed by atoms with Gasteiger partial charge in [0.15, 0.2) is 5.78 Å². The van der Waals surface area contributed by atoms with Crippen molar-refractivity contribution in [3.8, 4) is 23.6 Å². The average molecular weight is 868 g/mol. The van der Waals surface area contributed by atoms with Crippen LogP contribution < -0.4 is 16.0 Å². The maximum absolute atomic E-state index is 12.5. The quantitative estimate of drug-likeness (QED) is 0.0804. The van der Waals surface area contributed by atoms with Crippen LogP contribution in [-0.2, 0) is 9.53 Å². The normalized spacial score (nSPS) is 13.8. The molecule has 4 atom stereocenters. The minimum absolute atomic E-state index is 0.0540. The van der Waals surface area contributed by atoms with E-state index in [4.69, 9.17) is 66.1 Å². The number of halogens is 4. The molecule has 1 saturated heterocycles. The minimum atomic E-state index is -1.06. The first-order valence-corrected chi connectivity index (χ1v) is 19.3. The number of aliphatic hydroxyl groups is 2. The first kappa shape index (κ1) is 45.5. The number of rotatable bonds is 12. The van der Waals surface area contributed by atoms with E-state index in [-0.39, 0.29) is 43.7 Å². The van der Waals surface area contributed by atoms with Gasteiger partial charge in [-0.3, -0.25) is 9.59 Å². The highest BCUT2D eigenvalue weighted by molar-refractivity contribution is 6.45. The number of aliphatic hydroxyl groups excluding tert-OH is 2. The SMILES string of the molecule is C1CCOC1.C[C@H](O)[C@@H](Nc1ccc(C#N)c(Cl)c1Cl)C(=O)CNC(=O)c1ccccc1.C[C@H](O)[C@@H](Nc1ccc(C#N)c(Cl)c1Cl)c1nnc(-c2ccccc2)o1. The molecule has 13 nitrogen and oxygen atoms in total. The second kappa shape index (κ2) is 22.6. The predicted molar refractivity (Wildman–Crippen MR) is 223 cm³/mol. The summed E-state index contributed by atoms with van der Waals surface area (Å²) in [4.78, 5) is 24.5. The Labute approximate surface area is 355 Å². The molecule has 5 N–H and O–H groups in total. The number of nitrogens with zero attached hydrogens (tertiary/aromatic N) is 4. The van der Waals surface area contributed by atoms with E-state index in [0.29, 0.717) is 22.8 Å². The van der Waals surface area contributed by atoms with Crippen molar-refractivity contribution in [2.45, 2.75) is 51.0 Å².